The standard InChI is InChI=1S/C11H18O2Si/c1-14(2,3)5-4-11(12)6-10(7-11)8-13-9-10/h12H,6-9H2,1-3H3. The Hall–Kier alpha value is -0.303. The fraction of sp³-hybridized carbons (Fsp3) is 0.818. The summed E-state index contributed by atoms with van der Waals surface area (Å²) in [4.78, 5) is 0. The molecule has 0 aromatic carbocycles. The van der Waals surface area contributed by atoms with Crippen LogP contribution in [0.15, 0.2) is 0 Å². The molecule has 2 rings (SSSR count). The van der Waals surface area contributed by atoms with Crippen LogP contribution in [0.1, 0.15) is 12.8 Å². The summed E-state index contributed by atoms with van der Waals surface area (Å²) in [5.74, 6) is 3.07. The molecule has 0 radical (unpaired) electrons. The highest BCUT2D eigenvalue weighted by Gasteiger charge is 2.57. The first-order valence-electron chi connectivity index (χ1n) is 5.17. The third-order valence-electron chi connectivity index (χ3n) is 2.82. The molecule has 3 heteroatoms. The fourth-order valence-electron chi connectivity index (χ4n) is 2.18. The molecule has 1 spiro atoms. The highest BCUT2D eigenvalue weighted by molar-refractivity contribution is 6.83. The van der Waals surface area contributed by atoms with Crippen molar-refractivity contribution in [2.24, 2.45) is 5.41 Å². The topological polar surface area (TPSA) is 29.5 Å². The average molecular weight is 210 g/mol. The van der Waals surface area contributed by atoms with Crippen molar-refractivity contribution in [2.75, 3.05) is 13.2 Å². The van der Waals surface area contributed by atoms with Crippen LogP contribution < -0.4 is 0 Å². The van der Waals surface area contributed by atoms with Crippen LogP contribution in [0.5, 0.6) is 0 Å². The van der Waals surface area contributed by atoms with Gasteiger partial charge in [0.05, 0.1) is 13.2 Å². The minimum atomic E-state index is -1.34. The predicted molar refractivity (Wildman–Crippen MR) is 58.6 cm³/mol. The normalized spacial score (nSPS) is 27.1. The Kier molecular flexibility index (Phi) is 2.08. The van der Waals surface area contributed by atoms with E-state index in [9.17, 15) is 5.11 Å². The Morgan fingerprint density at radius 3 is 2.14 bits per heavy atom. The number of hydrogen-bond donors (Lipinski definition) is 1. The molecule has 0 atom stereocenters. The molecule has 2 nitrogen and oxygen atoms in total. The van der Waals surface area contributed by atoms with Crippen LogP contribution >= 0.6 is 0 Å². The van der Waals surface area contributed by atoms with Crippen molar-refractivity contribution in [3.63, 3.8) is 0 Å². The molecule has 2 fully saturated rings. The quantitative estimate of drug-likeness (QED) is 0.484. The number of ether oxygens (including phenoxy) is 1. The largest absolute Gasteiger partial charge is 0.380 e. The first kappa shape index (κ1) is 10.2. The minimum absolute atomic E-state index is 0.295. The second-order valence-corrected chi connectivity index (χ2v) is 10.6. The zero-order valence-corrected chi connectivity index (χ0v) is 10.2. The Balaban J connectivity index is 1.96. The van der Waals surface area contributed by atoms with Gasteiger partial charge in [-0.15, -0.1) is 5.54 Å². The lowest BCUT2D eigenvalue weighted by Gasteiger charge is -2.55. The van der Waals surface area contributed by atoms with E-state index >= 15 is 0 Å². The molecular formula is C11H18O2Si. The summed E-state index contributed by atoms with van der Waals surface area (Å²) in [6.07, 6.45) is 1.63. The summed E-state index contributed by atoms with van der Waals surface area (Å²) in [6.45, 7) is 8.24. The van der Waals surface area contributed by atoms with Gasteiger partial charge in [0.15, 0.2) is 0 Å². The lowest BCUT2D eigenvalue weighted by atomic mass is 9.58. The van der Waals surface area contributed by atoms with Crippen LogP contribution in [0.25, 0.3) is 0 Å². The van der Waals surface area contributed by atoms with Gasteiger partial charge in [-0.1, -0.05) is 25.6 Å². The van der Waals surface area contributed by atoms with Gasteiger partial charge < -0.3 is 9.84 Å². The number of aliphatic hydroxyl groups is 1. The first-order valence-corrected chi connectivity index (χ1v) is 8.67. The molecule has 1 N–H and O–H groups in total. The fourth-order valence-corrected chi connectivity index (χ4v) is 2.78. The second-order valence-electron chi connectivity index (χ2n) is 5.88. The third-order valence-corrected chi connectivity index (χ3v) is 3.70. The molecule has 2 aliphatic rings. The van der Waals surface area contributed by atoms with Gasteiger partial charge in [0.1, 0.15) is 13.7 Å². The smallest absolute Gasteiger partial charge is 0.129 e. The van der Waals surface area contributed by atoms with Gasteiger partial charge in [-0.05, 0) is 12.8 Å². The van der Waals surface area contributed by atoms with Gasteiger partial charge in [0.25, 0.3) is 0 Å². The highest BCUT2D eigenvalue weighted by Crippen LogP contribution is 2.52. The van der Waals surface area contributed by atoms with Crippen LogP contribution in [-0.4, -0.2) is 32.0 Å². The summed E-state index contributed by atoms with van der Waals surface area (Å²) in [5.41, 5.74) is 2.85. The van der Waals surface area contributed by atoms with Crippen molar-refractivity contribution >= 4 is 8.07 Å². The van der Waals surface area contributed by atoms with Crippen molar-refractivity contribution in [3.8, 4) is 11.5 Å². The van der Waals surface area contributed by atoms with Crippen molar-refractivity contribution < 1.29 is 9.84 Å². The van der Waals surface area contributed by atoms with Gasteiger partial charge >= 0.3 is 0 Å². The molecule has 14 heavy (non-hydrogen) atoms. The molecule has 0 unspecified atom stereocenters. The first-order chi connectivity index (χ1) is 6.33. The molecular weight excluding hydrogens is 192 g/mol. The molecule has 0 bridgehead atoms. The van der Waals surface area contributed by atoms with E-state index in [0.717, 1.165) is 26.1 Å². The van der Waals surface area contributed by atoms with E-state index in [1.54, 1.807) is 0 Å². The van der Waals surface area contributed by atoms with Gasteiger partial charge in [-0.3, -0.25) is 0 Å². The van der Waals surface area contributed by atoms with Crippen molar-refractivity contribution in [1.29, 1.82) is 0 Å². The van der Waals surface area contributed by atoms with E-state index in [2.05, 4.69) is 31.1 Å². The summed E-state index contributed by atoms with van der Waals surface area (Å²) in [7, 11) is -1.34. The Labute approximate surface area is 86.7 Å². The third kappa shape index (κ3) is 1.88. The van der Waals surface area contributed by atoms with Gasteiger partial charge in [-0.2, -0.15) is 0 Å². The maximum absolute atomic E-state index is 10.1. The van der Waals surface area contributed by atoms with Gasteiger partial charge in [-0.25, -0.2) is 0 Å². The highest BCUT2D eigenvalue weighted by atomic mass is 28.3. The second kappa shape index (κ2) is 2.85. The van der Waals surface area contributed by atoms with Gasteiger partial charge in [0, 0.05) is 5.41 Å². The van der Waals surface area contributed by atoms with E-state index in [1.807, 2.05) is 0 Å². The van der Waals surface area contributed by atoms with Crippen molar-refractivity contribution in [1.82, 2.24) is 0 Å². The Morgan fingerprint density at radius 2 is 1.79 bits per heavy atom. The summed E-state index contributed by atoms with van der Waals surface area (Å²) in [6, 6.07) is 0. The van der Waals surface area contributed by atoms with Crippen molar-refractivity contribution in [3.05, 3.63) is 0 Å². The number of rotatable bonds is 0. The summed E-state index contributed by atoms with van der Waals surface area (Å²) in [5, 5.41) is 10.1. The summed E-state index contributed by atoms with van der Waals surface area (Å²) >= 11 is 0. The zero-order valence-electron chi connectivity index (χ0n) is 9.18. The maximum Gasteiger partial charge on any atom is 0.129 e. The Bertz CT molecular complexity index is 293. The molecule has 1 aliphatic carbocycles. The average Bonchev–Trinajstić information content (AvgIpc) is 1.90. The minimum Gasteiger partial charge on any atom is -0.380 e. The molecule has 1 heterocycles. The monoisotopic (exact) mass is 210 g/mol. The molecule has 1 saturated heterocycles. The van der Waals surface area contributed by atoms with Crippen LogP contribution in [0, 0.1) is 16.9 Å². The van der Waals surface area contributed by atoms with E-state index in [-0.39, 0.29) is 0 Å². The zero-order chi connectivity index (χ0) is 10.4. The van der Waals surface area contributed by atoms with E-state index in [0.29, 0.717) is 5.41 Å². The predicted octanol–water partition coefficient (Wildman–Crippen LogP) is 1.41. The van der Waals surface area contributed by atoms with Crippen LogP contribution in [0.3, 0.4) is 0 Å². The van der Waals surface area contributed by atoms with Gasteiger partial charge in [0.2, 0.25) is 0 Å². The van der Waals surface area contributed by atoms with E-state index in [1.165, 1.54) is 0 Å². The molecule has 0 aromatic heterocycles. The summed E-state index contributed by atoms with van der Waals surface area (Å²) < 4.78 is 5.17. The van der Waals surface area contributed by atoms with Crippen LogP contribution in [-0.2, 0) is 4.74 Å². The molecule has 0 aromatic rings. The molecule has 0 amide bonds. The maximum atomic E-state index is 10.1. The Morgan fingerprint density at radius 1 is 1.21 bits per heavy atom. The van der Waals surface area contributed by atoms with E-state index < -0.39 is 13.7 Å². The number of hydrogen-bond acceptors (Lipinski definition) is 2. The molecule has 1 saturated carbocycles. The van der Waals surface area contributed by atoms with Crippen LogP contribution in [0.4, 0.5) is 0 Å². The van der Waals surface area contributed by atoms with E-state index in [4.69, 9.17) is 4.74 Å². The molecule has 78 valence electrons. The SMILES string of the molecule is C[Si](C)(C)C#CC1(O)CC2(COC2)C1. The van der Waals surface area contributed by atoms with Crippen molar-refractivity contribution in [2.45, 2.75) is 38.1 Å². The lowest BCUT2D eigenvalue weighted by molar-refractivity contribution is -0.219. The lowest BCUT2D eigenvalue weighted by Crippen LogP contribution is -2.60. The molecule has 1 aliphatic heterocycles. The van der Waals surface area contributed by atoms with Crippen LogP contribution in [0.2, 0.25) is 19.6 Å².